The number of ether oxygens (including phenoxy) is 3. The molecule has 2 amide bonds. The molecule has 0 radical (unpaired) electrons. The van der Waals surface area contributed by atoms with Crippen molar-refractivity contribution in [3.63, 3.8) is 0 Å². The first-order valence-electron chi connectivity index (χ1n) is 7.72. The van der Waals surface area contributed by atoms with Gasteiger partial charge in [0.25, 0.3) is 0 Å². The van der Waals surface area contributed by atoms with E-state index in [1.165, 1.54) is 13.4 Å². The molecule has 0 bridgehead atoms. The maximum Gasteiger partial charge on any atom is 0.313 e. The second-order valence-corrected chi connectivity index (χ2v) is 5.26. The minimum atomic E-state index is -0.786. The van der Waals surface area contributed by atoms with Crippen molar-refractivity contribution in [2.24, 2.45) is 0 Å². The summed E-state index contributed by atoms with van der Waals surface area (Å²) in [7, 11) is 1.49. The zero-order valence-electron chi connectivity index (χ0n) is 13.6. The van der Waals surface area contributed by atoms with Crippen LogP contribution in [0.15, 0.2) is 41.0 Å². The number of benzene rings is 1. The Hall–Kier alpha value is -3.00. The SMILES string of the molecule is COC(CNC(=O)C(=O)Nc1ccc2c(c1)OCCO2)c1ccco1. The molecule has 8 nitrogen and oxygen atoms in total. The second kappa shape index (κ2) is 7.71. The van der Waals surface area contributed by atoms with Crippen LogP contribution in [0.5, 0.6) is 11.5 Å². The van der Waals surface area contributed by atoms with E-state index in [1.807, 2.05) is 0 Å². The summed E-state index contributed by atoms with van der Waals surface area (Å²) in [6.45, 7) is 1.03. The molecule has 132 valence electrons. The van der Waals surface area contributed by atoms with E-state index < -0.39 is 17.9 Å². The lowest BCUT2D eigenvalue weighted by atomic mass is 10.2. The molecule has 0 aliphatic carbocycles. The molecule has 2 heterocycles. The Morgan fingerprint density at radius 1 is 1.16 bits per heavy atom. The zero-order chi connectivity index (χ0) is 17.6. The van der Waals surface area contributed by atoms with Gasteiger partial charge in [-0.2, -0.15) is 0 Å². The Bertz CT molecular complexity index is 744. The number of rotatable bonds is 5. The first-order chi connectivity index (χ1) is 12.2. The van der Waals surface area contributed by atoms with Gasteiger partial charge in [0.2, 0.25) is 0 Å². The van der Waals surface area contributed by atoms with Crippen LogP contribution < -0.4 is 20.1 Å². The van der Waals surface area contributed by atoms with E-state index in [4.69, 9.17) is 18.6 Å². The van der Waals surface area contributed by atoms with E-state index in [0.29, 0.717) is 36.2 Å². The van der Waals surface area contributed by atoms with Crippen molar-refractivity contribution in [2.75, 3.05) is 32.2 Å². The molecule has 1 unspecified atom stereocenters. The van der Waals surface area contributed by atoms with Crippen LogP contribution in [-0.2, 0) is 14.3 Å². The quantitative estimate of drug-likeness (QED) is 0.796. The summed E-state index contributed by atoms with van der Waals surface area (Å²) < 4.78 is 21.3. The van der Waals surface area contributed by atoms with Crippen LogP contribution in [0.2, 0.25) is 0 Å². The van der Waals surface area contributed by atoms with E-state index in [1.54, 1.807) is 30.3 Å². The van der Waals surface area contributed by atoms with Crippen LogP contribution >= 0.6 is 0 Å². The molecule has 25 heavy (non-hydrogen) atoms. The molecule has 8 heteroatoms. The van der Waals surface area contributed by atoms with Crippen molar-refractivity contribution in [1.82, 2.24) is 5.32 Å². The summed E-state index contributed by atoms with van der Waals surface area (Å²) in [4.78, 5) is 24.0. The van der Waals surface area contributed by atoms with E-state index >= 15 is 0 Å². The van der Waals surface area contributed by atoms with Gasteiger partial charge in [0.05, 0.1) is 12.8 Å². The van der Waals surface area contributed by atoms with Crippen molar-refractivity contribution in [3.05, 3.63) is 42.4 Å². The number of hydrogen-bond acceptors (Lipinski definition) is 6. The maximum absolute atomic E-state index is 12.0. The number of furan rings is 1. The molecule has 1 aliphatic rings. The van der Waals surface area contributed by atoms with Gasteiger partial charge in [0.15, 0.2) is 11.5 Å². The van der Waals surface area contributed by atoms with E-state index in [0.717, 1.165) is 0 Å². The largest absolute Gasteiger partial charge is 0.486 e. The van der Waals surface area contributed by atoms with Gasteiger partial charge in [-0.05, 0) is 24.3 Å². The molecule has 1 aliphatic heterocycles. The molecule has 0 saturated heterocycles. The minimum absolute atomic E-state index is 0.109. The highest BCUT2D eigenvalue weighted by molar-refractivity contribution is 6.39. The molecule has 0 fully saturated rings. The third kappa shape index (κ3) is 4.10. The Balaban J connectivity index is 1.55. The third-order valence-electron chi connectivity index (χ3n) is 3.60. The molecule has 1 aromatic heterocycles. The number of nitrogens with one attached hydrogen (secondary N) is 2. The first-order valence-corrected chi connectivity index (χ1v) is 7.72. The number of fused-ring (bicyclic) bond motifs is 1. The van der Waals surface area contributed by atoms with Crippen LogP contribution in [-0.4, -0.2) is 38.7 Å². The lowest BCUT2D eigenvalue weighted by Gasteiger charge is -2.19. The average molecular weight is 346 g/mol. The maximum atomic E-state index is 12.0. The first kappa shape index (κ1) is 16.8. The van der Waals surface area contributed by atoms with Gasteiger partial charge in [-0.1, -0.05) is 0 Å². The topological polar surface area (TPSA) is 99.0 Å². The molecular formula is C17H18N2O6. The van der Waals surface area contributed by atoms with Crippen LogP contribution in [0.1, 0.15) is 11.9 Å². The molecule has 0 saturated carbocycles. The van der Waals surface area contributed by atoms with Gasteiger partial charge in [0, 0.05) is 18.9 Å². The van der Waals surface area contributed by atoms with Gasteiger partial charge < -0.3 is 29.3 Å². The highest BCUT2D eigenvalue weighted by Gasteiger charge is 2.19. The number of carbonyl (C=O) groups excluding carboxylic acids is 2. The van der Waals surface area contributed by atoms with Gasteiger partial charge in [-0.3, -0.25) is 9.59 Å². The van der Waals surface area contributed by atoms with E-state index in [9.17, 15) is 9.59 Å². The zero-order valence-corrected chi connectivity index (χ0v) is 13.6. The predicted octanol–water partition coefficient (Wildman–Crippen LogP) is 1.49. The molecule has 0 spiro atoms. The molecule has 2 N–H and O–H groups in total. The van der Waals surface area contributed by atoms with Gasteiger partial charge in [-0.15, -0.1) is 0 Å². The van der Waals surface area contributed by atoms with Crippen molar-refractivity contribution in [2.45, 2.75) is 6.10 Å². The fraction of sp³-hybridized carbons (Fsp3) is 0.294. The van der Waals surface area contributed by atoms with Crippen molar-refractivity contribution >= 4 is 17.5 Å². The molecular weight excluding hydrogens is 328 g/mol. The standard InChI is InChI=1S/C17H18N2O6/c1-22-15(12-3-2-6-23-12)10-18-16(20)17(21)19-11-4-5-13-14(9-11)25-8-7-24-13/h2-6,9,15H,7-8,10H2,1H3,(H,18,20)(H,19,21). The van der Waals surface area contributed by atoms with Crippen LogP contribution in [0.4, 0.5) is 5.69 Å². The Kier molecular flexibility index (Phi) is 5.20. The number of methoxy groups -OCH3 is 1. The highest BCUT2D eigenvalue weighted by Crippen LogP contribution is 2.32. The van der Waals surface area contributed by atoms with Gasteiger partial charge >= 0.3 is 11.8 Å². The van der Waals surface area contributed by atoms with Gasteiger partial charge in [-0.25, -0.2) is 0 Å². The lowest BCUT2D eigenvalue weighted by Crippen LogP contribution is -2.37. The Labute approximate surface area is 144 Å². The Morgan fingerprint density at radius 3 is 2.68 bits per heavy atom. The number of amides is 2. The Morgan fingerprint density at radius 2 is 1.96 bits per heavy atom. The summed E-state index contributed by atoms with van der Waals surface area (Å²) in [5, 5.41) is 5.03. The van der Waals surface area contributed by atoms with E-state index in [2.05, 4.69) is 10.6 Å². The lowest BCUT2D eigenvalue weighted by molar-refractivity contribution is -0.136. The summed E-state index contributed by atoms with van der Waals surface area (Å²) >= 11 is 0. The summed E-state index contributed by atoms with van der Waals surface area (Å²) in [5.41, 5.74) is 0.443. The van der Waals surface area contributed by atoms with Crippen LogP contribution in [0.25, 0.3) is 0 Å². The molecule has 2 aromatic rings. The second-order valence-electron chi connectivity index (χ2n) is 5.26. The molecule has 1 aromatic carbocycles. The monoisotopic (exact) mass is 346 g/mol. The smallest absolute Gasteiger partial charge is 0.313 e. The summed E-state index contributed by atoms with van der Waals surface area (Å²) in [5.74, 6) is 0.140. The summed E-state index contributed by atoms with van der Waals surface area (Å²) in [6.07, 6.45) is 1.04. The third-order valence-corrected chi connectivity index (χ3v) is 3.60. The normalized spacial score (nSPS) is 13.8. The van der Waals surface area contributed by atoms with Crippen LogP contribution in [0, 0.1) is 0 Å². The number of carbonyl (C=O) groups is 2. The van der Waals surface area contributed by atoms with Crippen molar-refractivity contribution in [3.8, 4) is 11.5 Å². The molecule has 1 atom stereocenters. The highest BCUT2D eigenvalue weighted by atomic mass is 16.6. The van der Waals surface area contributed by atoms with Crippen molar-refractivity contribution < 1.29 is 28.2 Å². The number of anilines is 1. The van der Waals surface area contributed by atoms with Crippen LogP contribution in [0.3, 0.4) is 0 Å². The van der Waals surface area contributed by atoms with Crippen molar-refractivity contribution in [1.29, 1.82) is 0 Å². The number of hydrogen-bond donors (Lipinski definition) is 2. The predicted molar refractivity (Wildman–Crippen MR) is 87.5 cm³/mol. The van der Waals surface area contributed by atoms with Gasteiger partial charge in [0.1, 0.15) is 25.1 Å². The minimum Gasteiger partial charge on any atom is -0.486 e. The summed E-state index contributed by atoms with van der Waals surface area (Å²) in [6, 6.07) is 8.38. The van der Waals surface area contributed by atoms with E-state index in [-0.39, 0.29) is 6.54 Å². The average Bonchev–Trinajstić information content (AvgIpc) is 3.16. The molecule has 3 rings (SSSR count). The fourth-order valence-corrected chi connectivity index (χ4v) is 2.35. The fourth-order valence-electron chi connectivity index (χ4n) is 2.35.